The van der Waals surface area contributed by atoms with E-state index in [2.05, 4.69) is 0 Å². The topological polar surface area (TPSA) is 49.9 Å². The summed E-state index contributed by atoms with van der Waals surface area (Å²) in [7, 11) is 0. The maximum atomic E-state index is 12.7. The molecule has 0 unspecified atom stereocenters. The Morgan fingerprint density at radius 2 is 1.69 bits per heavy atom. The van der Waals surface area contributed by atoms with E-state index in [9.17, 15) is 9.59 Å². The molecule has 134 valence electrons. The first-order valence-electron chi connectivity index (χ1n) is 8.70. The van der Waals surface area contributed by atoms with Crippen molar-refractivity contribution in [2.24, 2.45) is 0 Å². The first kappa shape index (κ1) is 16.9. The van der Waals surface area contributed by atoms with Crippen LogP contribution in [0, 0.1) is 0 Å². The summed E-state index contributed by atoms with van der Waals surface area (Å²) >= 11 is 5.97. The molecule has 1 atom stereocenters. The number of halogens is 1. The van der Waals surface area contributed by atoms with Gasteiger partial charge in [0.2, 0.25) is 0 Å². The Labute approximate surface area is 157 Å². The van der Waals surface area contributed by atoms with Gasteiger partial charge in [0.1, 0.15) is 5.75 Å². The smallest absolute Gasteiger partial charge is 0.264 e. The van der Waals surface area contributed by atoms with Crippen LogP contribution in [-0.2, 0) is 11.2 Å². The Balaban J connectivity index is 1.35. The molecule has 1 fully saturated rings. The van der Waals surface area contributed by atoms with Gasteiger partial charge in [-0.05, 0) is 29.8 Å². The third kappa shape index (κ3) is 3.27. The Bertz CT molecular complexity index is 821. The van der Waals surface area contributed by atoms with E-state index in [4.69, 9.17) is 16.3 Å². The van der Waals surface area contributed by atoms with Crippen molar-refractivity contribution in [2.45, 2.75) is 12.5 Å². The van der Waals surface area contributed by atoms with Crippen LogP contribution in [0.3, 0.4) is 0 Å². The summed E-state index contributed by atoms with van der Waals surface area (Å²) in [5.41, 5.74) is 1.65. The van der Waals surface area contributed by atoms with E-state index in [1.807, 2.05) is 24.3 Å². The quantitative estimate of drug-likeness (QED) is 0.816. The first-order chi connectivity index (χ1) is 12.6. The fraction of sp³-hybridized carbons (Fsp3) is 0.300. The zero-order chi connectivity index (χ0) is 18.1. The molecule has 2 amide bonds. The molecule has 0 aromatic heterocycles. The molecule has 0 N–H and O–H groups in total. The minimum absolute atomic E-state index is 0.00365. The molecule has 2 aliphatic heterocycles. The van der Waals surface area contributed by atoms with Crippen LogP contribution in [0.5, 0.6) is 5.75 Å². The van der Waals surface area contributed by atoms with E-state index in [1.165, 1.54) is 0 Å². The second-order valence-electron chi connectivity index (χ2n) is 6.55. The van der Waals surface area contributed by atoms with E-state index in [0.717, 1.165) is 11.3 Å². The molecule has 2 heterocycles. The number of carbonyl (C=O) groups is 2. The SMILES string of the molecule is O=C(c1cccc(Cl)c1)N1CCN(C(=O)[C@H]2Cc3ccccc3O2)CC1. The lowest BCUT2D eigenvalue weighted by molar-refractivity contribution is -0.139. The van der Waals surface area contributed by atoms with Crippen molar-refractivity contribution in [3.63, 3.8) is 0 Å². The molecule has 2 aromatic carbocycles. The number of nitrogens with zero attached hydrogens (tertiary/aromatic N) is 2. The van der Waals surface area contributed by atoms with E-state index in [-0.39, 0.29) is 11.8 Å². The monoisotopic (exact) mass is 370 g/mol. The summed E-state index contributed by atoms with van der Waals surface area (Å²) in [5.74, 6) is 0.737. The molecular formula is C20H19ClN2O3. The van der Waals surface area contributed by atoms with Crippen molar-refractivity contribution in [3.05, 3.63) is 64.7 Å². The highest BCUT2D eigenvalue weighted by Gasteiger charge is 2.34. The van der Waals surface area contributed by atoms with Crippen LogP contribution in [0.15, 0.2) is 48.5 Å². The number of para-hydroxylation sites is 1. The third-order valence-electron chi connectivity index (χ3n) is 4.87. The standard InChI is InChI=1S/C20H19ClN2O3/c21-16-6-3-5-15(12-16)19(24)22-8-10-23(11-9-22)20(25)18-13-14-4-1-2-7-17(14)26-18/h1-7,12,18H,8-11,13H2/t18-/m1/s1. The fourth-order valence-corrected chi connectivity index (χ4v) is 3.65. The number of hydrogen-bond acceptors (Lipinski definition) is 3. The number of ether oxygens (including phenoxy) is 1. The predicted octanol–water partition coefficient (Wildman–Crippen LogP) is 2.63. The summed E-state index contributed by atoms with van der Waals surface area (Å²) in [6, 6.07) is 14.7. The predicted molar refractivity (Wildman–Crippen MR) is 98.5 cm³/mol. The Morgan fingerprint density at radius 1 is 0.962 bits per heavy atom. The molecule has 2 aromatic rings. The summed E-state index contributed by atoms with van der Waals surface area (Å²) in [6.07, 6.45) is 0.152. The van der Waals surface area contributed by atoms with Crippen LogP contribution in [0.25, 0.3) is 0 Å². The van der Waals surface area contributed by atoms with E-state index < -0.39 is 6.10 Å². The normalized spacial score (nSPS) is 19.0. The van der Waals surface area contributed by atoms with Crippen molar-refractivity contribution in [2.75, 3.05) is 26.2 Å². The molecule has 2 aliphatic rings. The van der Waals surface area contributed by atoms with Crippen molar-refractivity contribution < 1.29 is 14.3 Å². The maximum absolute atomic E-state index is 12.7. The van der Waals surface area contributed by atoms with Crippen LogP contribution in [-0.4, -0.2) is 53.9 Å². The van der Waals surface area contributed by atoms with Gasteiger partial charge in [0.05, 0.1) is 0 Å². The molecule has 6 heteroatoms. The minimum Gasteiger partial charge on any atom is -0.480 e. The summed E-state index contributed by atoms with van der Waals surface area (Å²) in [4.78, 5) is 28.9. The molecular weight excluding hydrogens is 352 g/mol. The van der Waals surface area contributed by atoms with E-state index >= 15 is 0 Å². The largest absolute Gasteiger partial charge is 0.480 e. The maximum Gasteiger partial charge on any atom is 0.264 e. The minimum atomic E-state index is -0.456. The lowest BCUT2D eigenvalue weighted by atomic mass is 10.1. The number of rotatable bonds is 2. The number of carbonyl (C=O) groups excluding carboxylic acids is 2. The van der Waals surface area contributed by atoms with Gasteiger partial charge < -0.3 is 14.5 Å². The number of piperazine rings is 1. The molecule has 0 spiro atoms. The molecule has 4 rings (SSSR count). The van der Waals surface area contributed by atoms with Crippen LogP contribution in [0.1, 0.15) is 15.9 Å². The number of fused-ring (bicyclic) bond motifs is 1. The number of benzene rings is 2. The van der Waals surface area contributed by atoms with Gasteiger partial charge in [-0.15, -0.1) is 0 Å². The van der Waals surface area contributed by atoms with Crippen molar-refractivity contribution in [1.29, 1.82) is 0 Å². The van der Waals surface area contributed by atoms with Crippen LogP contribution in [0.2, 0.25) is 5.02 Å². The van der Waals surface area contributed by atoms with Gasteiger partial charge in [0.15, 0.2) is 6.10 Å². The van der Waals surface area contributed by atoms with Gasteiger partial charge in [-0.25, -0.2) is 0 Å². The molecule has 0 saturated carbocycles. The van der Waals surface area contributed by atoms with Gasteiger partial charge >= 0.3 is 0 Å². The zero-order valence-corrected chi connectivity index (χ0v) is 15.0. The van der Waals surface area contributed by atoms with Crippen LogP contribution < -0.4 is 4.74 Å². The van der Waals surface area contributed by atoms with E-state index in [0.29, 0.717) is 43.2 Å². The first-order valence-corrected chi connectivity index (χ1v) is 9.08. The molecule has 1 saturated heterocycles. The fourth-order valence-electron chi connectivity index (χ4n) is 3.46. The van der Waals surface area contributed by atoms with Gasteiger partial charge in [-0.1, -0.05) is 35.9 Å². The van der Waals surface area contributed by atoms with Gasteiger partial charge in [-0.2, -0.15) is 0 Å². The van der Waals surface area contributed by atoms with Crippen molar-refractivity contribution in [3.8, 4) is 5.75 Å². The molecule has 0 aliphatic carbocycles. The lowest BCUT2D eigenvalue weighted by Crippen LogP contribution is -2.53. The summed E-state index contributed by atoms with van der Waals surface area (Å²) in [5, 5.41) is 0.544. The molecule has 0 radical (unpaired) electrons. The van der Waals surface area contributed by atoms with Gasteiger partial charge in [-0.3, -0.25) is 9.59 Å². The molecule has 0 bridgehead atoms. The highest BCUT2D eigenvalue weighted by molar-refractivity contribution is 6.30. The number of hydrogen-bond donors (Lipinski definition) is 0. The summed E-state index contributed by atoms with van der Waals surface area (Å²) in [6.45, 7) is 2.05. The van der Waals surface area contributed by atoms with Crippen LogP contribution >= 0.6 is 11.6 Å². The van der Waals surface area contributed by atoms with Crippen LogP contribution in [0.4, 0.5) is 0 Å². The average Bonchev–Trinajstić information content (AvgIpc) is 3.11. The highest BCUT2D eigenvalue weighted by atomic mass is 35.5. The Hall–Kier alpha value is -2.53. The molecule has 5 nitrogen and oxygen atoms in total. The highest BCUT2D eigenvalue weighted by Crippen LogP contribution is 2.29. The summed E-state index contributed by atoms with van der Waals surface area (Å²) < 4.78 is 5.79. The number of amides is 2. The Morgan fingerprint density at radius 3 is 2.42 bits per heavy atom. The lowest BCUT2D eigenvalue weighted by Gasteiger charge is -2.35. The van der Waals surface area contributed by atoms with Gasteiger partial charge in [0, 0.05) is 43.2 Å². The Kier molecular flexibility index (Phi) is 4.55. The molecule has 26 heavy (non-hydrogen) atoms. The third-order valence-corrected chi connectivity index (χ3v) is 5.11. The van der Waals surface area contributed by atoms with Gasteiger partial charge in [0.25, 0.3) is 11.8 Å². The van der Waals surface area contributed by atoms with Crippen molar-refractivity contribution in [1.82, 2.24) is 9.80 Å². The second-order valence-corrected chi connectivity index (χ2v) is 6.98. The second kappa shape index (κ2) is 7.00. The zero-order valence-electron chi connectivity index (χ0n) is 14.2. The van der Waals surface area contributed by atoms with E-state index in [1.54, 1.807) is 34.1 Å². The van der Waals surface area contributed by atoms with Crippen molar-refractivity contribution >= 4 is 23.4 Å². The average molecular weight is 371 g/mol.